The van der Waals surface area contributed by atoms with Crippen LogP contribution in [-0.2, 0) is 12.8 Å². The molecule has 0 spiro atoms. The topological polar surface area (TPSA) is 40.7 Å². The lowest BCUT2D eigenvalue weighted by Crippen LogP contribution is -2.27. The standard InChI is InChI=1S/C15H17F2N3/c16-12-4-5-13(17)10(8-12)6-7-18-14-3-1-2-11-9-19-20-15(11)14/h4-5,8-9,14,18H,1-3,6-7H2,(H,19,20). The van der Waals surface area contributed by atoms with Crippen molar-refractivity contribution in [1.82, 2.24) is 15.5 Å². The van der Waals surface area contributed by atoms with Gasteiger partial charge in [0.25, 0.3) is 0 Å². The fourth-order valence-corrected chi connectivity index (χ4v) is 2.78. The smallest absolute Gasteiger partial charge is 0.126 e. The molecule has 0 fully saturated rings. The summed E-state index contributed by atoms with van der Waals surface area (Å²) in [5, 5.41) is 10.5. The van der Waals surface area contributed by atoms with E-state index in [4.69, 9.17) is 0 Å². The molecule has 5 heteroatoms. The molecule has 1 unspecified atom stereocenters. The normalized spacial score (nSPS) is 18.0. The molecule has 106 valence electrons. The summed E-state index contributed by atoms with van der Waals surface area (Å²) >= 11 is 0. The number of aromatic nitrogens is 2. The summed E-state index contributed by atoms with van der Waals surface area (Å²) < 4.78 is 26.6. The van der Waals surface area contributed by atoms with Gasteiger partial charge in [-0.15, -0.1) is 0 Å². The first kappa shape index (κ1) is 13.2. The molecule has 0 aliphatic heterocycles. The Balaban J connectivity index is 1.60. The monoisotopic (exact) mass is 277 g/mol. The average molecular weight is 277 g/mol. The first-order valence-corrected chi connectivity index (χ1v) is 6.93. The largest absolute Gasteiger partial charge is 0.308 e. The number of fused-ring (bicyclic) bond motifs is 1. The summed E-state index contributed by atoms with van der Waals surface area (Å²) in [6.45, 7) is 0.615. The third-order valence-electron chi connectivity index (χ3n) is 3.83. The number of H-pyrrole nitrogens is 1. The highest BCUT2D eigenvalue weighted by molar-refractivity contribution is 5.23. The highest BCUT2D eigenvalue weighted by Gasteiger charge is 2.21. The molecule has 1 aromatic carbocycles. The Morgan fingerprint density at radius 1 is 1.35 bits per heavy atom. The lowest BCUT2D eigenvalue weighted by atomic mass is 9.93. The second kappa shape index (κ2) is 5.71. The quantitative estimate of drug-likeness (QED) is 0.902. The lowest BCUT2D eigenvalue weighted by molar-refractivity contribution is 0.451. The van der Waals surface area contributed by atoms with Gasteiger partial charge in [-0.2, -0.15) is 5.10 Å². The zero-order valence-corrected chi connectivity index (χ0v) is 11.1. The van der Waals surface area contributed by atoms with Crippen molar-refractivity contribution in [1.29, 1.82) is 0 Å². The third-order valence-corrected chi connectivity index (χ3v) is 3.83. The Bertz CT molecular complexity index is 595. The number of hydrogen-bond acceptors (Lipinski definition) is 2. The maximum atomic E-state index is 13.5. The maximum absolute atomic E-state index is 13.5. The van der Waals surface area contributed by atoms with Crippen molar-refractivity contribution in [3.63, 3.8) is 0 Å². The van der Waals surface area contributed by atoms with Crippen LogP contribution in [0.3, 0.4) is 0 Å². The zero-order chi connectivity index (χ0) is 13.9. The van der Waals surface area contributed by atoms with Gasteiger partial charge in [-0.25, -0.2) is 8.78 Å². The number of aromatic amines is 1. The van der Waals surface area contributed by atoms with Crippen molar-refractivity contribution in [3.8, 4) is 0 Å². The number of halogens is 2. The molecule has 2 N–H and O–H groups in total. The number of nitrogens with one attached hydrogen (secondary N) is 2. The van der Waals surface area contributed by atoms with Gasteiger partial charge < -0.3 is 5.32 Å². The van der Waals surface area contributed by atoms with Gasteiger partial charge in [0.1, 0.15) is 11.6 Å². The summed E-state index contributed by atoms with van der Waals surface area (Å²) in [5.74, 6) is -0.742. The van der Waals surface area contributed by atoms with Gasteiger partial charge in [0.05, 0.1) is 11.9 Å². The summed E-state index contributed by atoms with van der Waals surface area (Å²) in [5.41, 5.74) is 2.81. The van der Waals surface area contributed by atoms with Crippen LogP contribution in [0.2, 0.25) is 0 Å². The number of aryl methyl sites for hydroxylation is 1. The number of rotatable bonds is 4. The minimum Gasteiger partial charge on any atom is -0.308 e. The van der Waals surface area contributed by atoms with Crippen LogP contribution in [0.1, 0.15) is 35.7 Å². The molecule has 1 heterocycles. The van der Waals surface area contributed by atoms with Crippen LogP contribution >= 0.6 is 0 Å². The molecule has 1 aromatic heterocycles. The Hall–Kier alpha value is -1.75. The summed E-state index contributed by atoms with van der Waals surface area (Å²) in [4.78, 5) is 0. The summed E-state index contributed by atoms with van der Waals surface area (Å²) in [7, 11) is 0. The fourth-order valence-electron chi connectivity index (χ4n) is 2.78. The molecule has 2 aromatic rings. The lowest BCUT2D eigenvalue weighted by Gasteiger charge is -2.23. The van der Waals surface area contributed by atoms with E-state index >= 15 is 0 Å². The van der Waals surface area contributed by atoms with Gasteiger partial charge in [0.15, 0.2) is 0 Å². The van der Waals surface area contributed by atoms with Gasteiger partial charge in [0.2, 0.25) is 0 Å². The minimum atomic E-state index is -0.394. The molecule has 1 aliphatic carbocycles. The third kappa shape index (κ3) is 2.72. The summed E-state index contributed by atoms with van der Waals surface area (Å²) in [6, 6.07) is 3.82. The van der Waals surface area contributed by atoms with Crippen molar-refractivity contribution < 1.29 is 8.78 Å². The second-order valence-electron chi connectivity index (χ2n) is 5.19. The van der Waals surface area contributed by atoms with Gasteiger partial charge in [0, 0.05) is 6.04 Å². The van der Waals surface area contributed by atoms with Crippen LogP contribution in [0.4, 0.5) is 8.78 Å². The highest BCUT2D eigenvalue weighted by Crippen LogP contribution is 2.27. The highest BCUT2D eigenvalue weighted by atomic mass is 19.1. The predicted molar refractivity (Wildman–Crippen MR) is 72.3 cm³/mol. The average Bonchev–Trinajstić information content (AvgIpc) is 2.92. The molecule has 0 amide bonds. The van der Waals surface area contributed by atoms with E-state index in [1.807, 2.05) is 6.20 Å². The van der Waals surface area contributed by atoms with Gasteiger partial charge in [-0.05, 0) is 61.6 Å². The number of benzene rings is 1. The van der Waals surface area contributed by atoms with Crippen molar-refractivity contribution in [2.45, 2.75) is 31.7 Å². The van der Waals surface area contributed by atoms with E-state index in [0.717, 1.165) is 31.0 Å². The van der Waals surface area contributed by atoms with Crippen LogP contribution < -0.4 is 5.32 Å². The van der Waals surface area contributed by atoms with E-state index in [-0.39, 0.29) is 11.9 Å². The Kier molecular flexibility index (Phi) is 3.78. The molecule has 0 saturated heterocycles. The van der Waals surface area contributed by atoms with Crippen LogP contribution in [0.5, 0.6) is 0 Å². The van der Waals surface area contributed by atoms with Crippen LogP contribution in [0.25, 0.3) is 0 Å². The van der Waals surface area contributed by atoms with E-state index in [0.29, 0.717) is 18.5 Å². The molecule has 20 heavy (non-hydrogen) atoms. The van der Waals surface area contributed by atoms with Crippen molar-refractivity contribution in [2.75, 3.05) is 6.54 Å². The molecule has 0 bridgehead atoms. The zero-order valence-electron chi connectivity index (χ0n) is 11.1. The van der Waals surface area contributed by atoms with Crippen LogP contribution in [0.15, 0.2) is 24.4 Å². The van der Waals surface area contributed by atoms with Crippen molar-refractivity contribution >= 4 is 0 Å². The first-order chi connectivity index (χ1) is 9.74. The predicted octanol–water partition coefficient (Wildman–Crippen LogP) is 2.90. The Morgan fingerprint density at radius 2 is 2.25 bits per heavy atom. The molecule has 0 radical (unpaired) electrons. The summed E-state index contributed by atoms with van der Waals surface area (Å²) in [6.07, 6.45) is 5.57. The molecule has 1 aliphatic rings. The molecular formula is C15H17F2N3. The maximum Gasteiger partial charge on any atom is 0.126 e. The molecular weight excluding hydrogens is 260 g/mol. The number of hydrogen-bond donors (Lipinski definition) is 2. The van der Waals surface area contributed by atoms with Gasteiger partial charge in [-0.3, -0.25) is 5.10 Å². The number of nitrogens with zero attached hydrogens (tertiary/aromatic N) is 1. The minimum absolute atomic E-state index is 0.234. The van der Waals surface area contributed by atoms with E-state index in [2.05, 4.69) is 15.5 Å². The Labute approximate surface area is 116 Å². The van der Waals surface area contributed by atoms with E-state index < -0.39 is 5.82 Å². The van der Waals surface area contributed by atoms with Crippen LogP contribution in [0, 0.1) is 11.6 Å². The van der Waals surface area contributed by atoms with E-state index in [1.165, 1.54) is 17.7 Å². The first-order valence-electron chi connectivity index (χ1n) is 6.93. The molecule has 1 atom stereocenters. The van der Waals surface area contributed by atoms with E-state index in [9.17, 15) is 8.78 Å². The SMILES string of the molecule is Fc1ccc(F)c(CCNC2CCCc3cn[nH]c32)c1. The van der Waals surface area contributed by atoms with Crippen molar-refractivity contribution in [3.05, 3.63) is 52.9 Å². The van der Waals surface area contributed by atoms with E-state index in [1.54, 1.807) is 0 Å². The van der Waals surface area contributed by atoms with Gasteiger partial charge in [-0.1, -0.05) is 0 Å². The molecule has 3 nitrogen and oxygen atoms in total. The van der Waals surface area contributed by atoms with Crippen molar-refractivity contribution in [2.24, 2.45) is 0 Å². The molecule has 3 rings (SSSR count). The second-order valence-corrected chi connectivity index (χ2v) is 5.19. The molecule has 0 saturated carbocycles. The van der Waals surface area contributed by atoms with Crippen LogP contribution in [-0.4, -0.2) is 16.7 Å². The van der Waals surface area contributed by atoms with Gasteiger partial charge >= 0.3 is 0 Å². The fraction of sp³-hybridized carbons (Fsp3) is 0.400. The Morgan fingerprint density at radius 3 is 3.15 bits per heavy atom.